The van der Waals surface area contributed by atoms with Crippen LogP contribution in [0.1, 0.15) is 85.5 Å². The Morgan fingerprint density at radius 3 is 1.16 bits per heavy atom. The Morgan fingerprint density at radius 2 is 0.880 bits per heavy atom. The molecule has 6 nitrogen and oxygen atoms in total. The number of carbonyl (C=O) groups excluding carboxylic acids is 2. The van der Waals surface area contributed by atoms with E-state index in [0.29, 0.717) is 57.8 Å². The topological polar surface area (TPSA) is 109 Å². The summed E-state index contributed by atoms with van der Waals surface area (Å²) in [5.74, 6) is -1.62. The average molecular weight is 356 g/mol. The van der Waals surface area contributed by atoms with E-state index < -0.39 is 22.8 Å². The molecule has 0 spiro atoms. The molecule has 0 aliphatic rings. The second-order valence-corrected chi connectivity index (χ2v) is 8.02. The maximum atomic E-state index is 11.8. The van der Waals surface area contributed by atoms with Crippen molar-refractivity contribution >= 4 is 23.5 Å². The maximum absolute atomic E-state index is 11.8. The highest BCUT2D eigenvalue weighted by molar-refractivity contribution is 5.81. The summed E-state index contributed by atoms with van der Waals surface area (Å²) in [6.07, 6.45) is 3.84. The molecule has 0 atom stereocenters. The maximum Gasteiger partial charge on any atom is 0.309 e. The molecule has 0 heterocycles. The van der Waals surface area contributed by atoms with Crippen molar-refractivity contribution in [2.45, 2.75) is 85.5 Å². The first-order valence-corrected chi connectivity index (χ1v) is 8.89. The van der Waals surface area contributed by atoms with Crippen molar-refractivity contribution in [3.05, 3.63) is 0 Å². The predicted molar refractivity (Wildman–Crippen MR) is 94.4 cm³/mol. The lowest BCUT2D eigenvalue weighted by Gasteiger charge is -2.18. The molecule has 0 aromatic heterocycles. The Bertz CT molecular complexity index is 446. The van der Waals surface area contributed by atoms with Gasteiger partial charge in [-0.25, -0.2) is 0 Å². The number of hydrogen-bond donors (Lipinski definition) is 2. The highest BCUT2D eigenvalue weighted by Gasteiger charge is 2.27. The molecule has 144 valence electrons. The van der Waals surface area contributed by atoms with Gasteiger partial charge in [-0.1, -0.05) is 0 Å². The van der Waals surface area contributed by atoms with E-state index in [4.69, 9.17) is 10.2 Å². The van der Waals surface area contributed by atoms with E-state index in [9.17, 15) is 19.2 Å². The molecule has 0 saturated heterocycles. The Balaban J connectivity index is 3.85. The summed E-state index contributed by atoms with van der Waals surface area (Å²) in [4.78, 5) is 45.5. The van der Waals surface area contributed by atoms with Gasteiger partial charge in [-0.05, 0) is 59.8 Å². The molecule has 0 saturated carbocycles. The lowest BCUT2D eigenvalue weighted by Crippen LogP contribution is -2.23. The standard InChI is InChI=1S/C19H32O6/c1-18(2,16(22)23)12-6-10-14(20)8-5-9-15(21)11-7-13-19(3,4)17(24)25/h5-13H2,1-4H3,(H,22,23)(H,24,25). The molecule has 2 N–H and O–H groups in total. The van der Waals surface area contributed by atoms with Crippen molar-refractivity contribution < 1.29 is 29.4 Å². The van der Waals surface area contributed by atoms with Gasteiger partial charge in [-0.15, -0.1) is 0 Å². The van der Waals surface area contributed by atoms with Gasteiger partial charge in [-0.2, -0.15) is 0 Å². The van der Waals surface area contributed by atoms with Gasteiger partial charge in [-0.3, -0.25) is 19.2 Å². The molecule has 0 rings (SSSR count). The second kappa shape index (κ2) is 10.3. The van der Waals surface area contributed by atoms with E-state index in [1.165, 1.54) is 0 Å². The predicted octanol–water partition coefficient (Wildman–Crippen LogP) is 3.86. The van der Waals surface area contributed by atoms with Crippen LogP contribution in [0.25, 0.3) is 0 Å². The lowest BCUT2D eigenvalue weighted by molar-refractivity contribution is -0.148. The van der Waals surface area contributed by atoms with Crippen LogP contribution in [0, 0.1) is 10.8 Å². The highest BCUT2D eigenvalue weighted by Crippen LogP contribution is 2.24. The van der Waals surface area contributed by atoms with Crippen molar-refractivity contribution in [2.75, 3.05) is 0 Å². The minimum atomic E-state index is -0.864. The van der Waals surface area contributed by atoms with Crippen LogP contribution < -0.4 is 0 Å². The third-order valence-electron chi connectivity index (χ3n) is 4.58. The Kier molecular flexibility index (Phi) is 9.60. The van der Waals surface area contributed by atoms with Crippen molar-refractivity contribution in [3.8, 4) is 0 Å². The molecule has 0 aliphatic heterocycles. The number of carboxylic acid groups (broad SMARTS) is 2. The van der Waals surface area contributed by atoms with Gasteiger partial charge in [0.15, 0.2) is 0 Å². The number of rotatable bonds is 14. The van der Waals surface area contributed by atoms with Crippen molar-refractivity contribution in [2.24, 2.45) is 10.8 Å². The Morgan fingerprint density at radius 1 is 0.600 bits per heavy atom. The van der Waals surface area contributed by atoms with E-state index in [2.05, 4.69) is 0 Å². The Labute approximate surface area is 150 Å². The number of carbonyl (C=O) groups is 4. The van der Waals surface area contributed by atoms with Gasteiger partial charge < -0.3 is 10.2 Å². The lowest BCUT2D eigenvalue weighted by atomic mass is 9.86. The summed E-state index contributed by atoms with van der Waals surface area (Å²) >= 11 is 0. The zero-order valence-corrected chi connectivity index (χ0v) is 15.9. The molecule has 6 heteroatoms. The van der Waals surface area contributed by atoms with Crippen LogP contribution in [0.15, 0.2) is 0 Å². The summed E-state index contributed by atoms with van der Waals surface area (Å²) < 4.78 is 0. The summed E-state index contributed by atoms with van der Waals surface area (Å²) in [7, 11) is 0. The normalized spacial score (nSPS) is 12.0. The van der Waals surface area contributed by atoms with E-state index in [1.807, 2.05) is 0 Å². The van der Waals surface area contributed by atoms with Gasteiger partial charge in [0.2, 0.25) is 0 Å². The number of ketones is 2. The van der Waals surface area contributed by atoms with E-state index in [0.717, 1.165) is 0 Å². The number of Topliss-reactive ketones (excluding diaryl/α,β-unsaturated/α-hetero) is 2. The molecular weight excluding hydrogens is 324 g/mol. The summed E-state index contributed by atoms with van der Waals surface area (Å²) in [5.41, 5.74) is -1.64. The van der Waals surface area contributed by atoms with Crippen LogP contribution in [-0.2, 0) is 19.2 Å². The molecule has 0 fully saturated rings. The number of carboxylic acids is 2. The van der Waals surface area contributed by atoms with Crippen molar-refractivity contribution in [3.63, 3.8) is 0 Å². The van der Waals surface area contributed by atoms with E-state index >= 15 is 0 Å². The largest absolute Gasteiger partial charge is 0.481 e. The van der Waals surface area contributed by atoms with Crippen LogP contribution >= 0.6 is 0 Å². The van der Waals surface area contributed by atoms with Crippen molar-refractivity contribution in [1.82, 2.24) is 0 Å². The second-order valence-electron chi connectivity index (χ2n) is 8.02. The van der Waals surface area contributed by atoms with E-state index in [1.54, 1.807) is 27.7 Å². The zero-order chi connectivity index (χ0) is 19.7. The van der Waals surface area contributed by atoms with Gasteiger partial charge in [0.25, 0.3) is 0 Å². The molecule has 25 heavy (non-hydrogen) atoms. The van der Waals surface area contributed by atoms with Crippen LogP contribution in [0.2, 0.25) is 0 Å². The molecule has 0 amide bonds. The third kappa shape index (κ3) is 9.99. The molecule has 0 bridgehead atoms. The fourth-order valence-corrected chi connectivity index (χ4v) is 2.40. The smallest absolute Gasteiger partial charge is 0.309 e. The van der Waals surface area contributed by atoms with Gasteiger partial charge in [0, 0.05) is 25.7 Å². The van der Waals surface area contributed by atoms with Crippen LogP contribution in [0.5, 0.6) is 0 Å². The monoisotopic (exact) mass is 356 g/mol. The number of hydrogen-bond acceptors (Lipinski definition) is 4. The number of aliphatic carboxylic acids is 2. The SMILES string of the molecule is CC(C)(CCCC(=O)CCCC(=O)CCCC(C)(C)C(=O)O)C(=O)O. The first kappa shape index (κ1) is 23.3. The molecule has 0 aromatic carbocycles. The average Bonchev–Trinajstić information content (AvgIpc) is 2.46. The quantitative estimate of drug-likeness (QED) is 0.489. The molecule has 0 unspecified atom stereocenters. The molecular formula is C19H32O6. The first-order valence-electron chi connectivity index (χ1n) is 8.89. The third-order valence-corrected chi connectivity index (χ3v) is 4.58. The zero-order valence-electron chi connectivity index (χ0n) is 15.9. The van der Waals surface area contributed by atoms with Crippen LogP contribution in [-0.4, -0.2) is 33.7 Å². The van der Waals surface area contributed by atoms with Gasteiger partial charge >= 0.3 is 11.9 Å². The summed E-state index contributed by atoms with van der Waals surface area (Å²) in [5, 5.41) is 18.0. The fourth-order valence-electron chi connectivity index (χ4n) is 2.40. The van der Waals surface area contributed by atoms with Crippen molar-refractivity contribution in [1.29, 1.82) is 0 Å². The summed E-state index contributed by atoms with van der Waals surface area (Å²) in [6, 6.07) is 0. The van der Waals surface area contributed by atoms with E-state index in [-0.39, 0.29) is 11.6 Å². The van der Waals surface area contributed by atoms with Gasteiger partial charge in [0.05, 0.1) is 10.8 Å². The molecule has 0 aliphatic carbocycles. The minimum Gasteiger partial charge on any atom is -0.481 e. The summed E-state index contributed by atoms with van der Waals surface area (Å²) in [6.45, 7) is 6.57. The fraction of sp³-hybridized carbons (Fsp3) is 0.789. The Hall–Kier alpha value is -1.72. The highest BCUT2D eigenvalue weighted by atomic mass is 16.4. The van der Waals surface area contributed by atoms with Crippen LogP contribution in [0.3, 0.4) is 0 Å². The van der Waals surface area contributed by atoms with Gasteiger partial charge in [0.1, 0.15) is 11.6 Å². The first-order chi connectivity index (χ1) is 11.4. The molecule has 0 radical (unpaired) electrons. The van der Waals surface area contributed by atoms with Crippen LogP contribution in [0.4, 0.5) is 0 Å². The molecule has 0 aromatic rings. The minimum absolute atomic E-state index is 0.0565.